The average molecular weight is 260 g/mol. The molecule has 0 radical (unpaired) electrons. The van der Waals surface area contributed by atoms with Crippen molar-refractivity contribution in [1.29, 1.82) is 0 Å². The van der Waals surface area contributed by atoms with Crippen LogP contribution in [0.3, 0.4) is 0 Å². The second kappa shape index (κ2) is 5.99. The summed E-state index contributed by atoms with van der Waals surface area (Å²) in [6.45, 7) is 0.979. The van der Waals surface area contributed by atoms with E-state index >= 15 is 0 Å². The highest BCUT2D eigenvalue weighted by Crippen LogP contribution is 2.15. The van der Waals surface area contributed by atoms with Crippen LogP contribution in [0.15, 0.2) is 36.4 Å². The SMILES string of the molecule is CN(C)[C@H]1CN(C(=O)/C=C/c2ccccc2)C[C@@H]1O. The Kier molecular flexibility index (Phi) is 4.35. The summed E-state index contributed by atoms with van der Waals surface area (Å²) < 4.78 is 0. The summed E-state index contributed by atoms with van der Waals surface area (Å²) in [4.78, 5) is 15.7. The summed E-state index contributed by atoms with van der Waals surface area (Å²) in [7, 11) is 3.84. The molecule has 1 saturated heterocycles. The van der Waals surface area contributed by atoms with Gasteiger partial charge in [0, 0.05) is 19.2 Å². The summed E-state index contributed by atoms with van der Waals surface area (Å²) in [6, 6.07) is 9.74. The molecule has 0 aromatic heterocycles. The van der Waals surface area contributed by atoms with Crippen LogP contribution in [0.1, 0.15) is 5.56 Å². The molecule has 0 aliphatic carbocycles. The molecule has 1 aromatic rings. The predicted molar refractivity (Wildman–Crippen MR) is 75.5 cm³/mol. The van der Waals surface area contributed by atoms with Crippen LogP contribution >= 0.6 is 0 Å². The van der Waals surface area contributed by atoms with E-state index in [2.05, 4.69) is 0 Å². The first-order valence-corrected chi connectivity index (χ1v) is 6.44. The van der Waals surface area contributed by atoms with Crippen molar-refractivity contribution < 1.29 is 9.90 Å². The van der Waals surface area contributed by atoms with Crippen LogP contribution in [-0.2, 0) is 4.79 Å². The van der Waals surface area contributed by atoms with Crippen molar-refractivity contribution >= 4 is 12.0 Å². The molecule has 4 nitrogen and oxygen atoms in total. The van der Waals surface area contributed by atoms with E-state index in [4.69, 9.17) is 0 Å². The van der Waals surface area contributed by atoms with Crippen molar-refractivity contribution in [3.05, 3.63) is 42.0 Å². The Labute approximate surface area is 113 Å². The fraction of sp³-hybridized carbons (Fsp3) is 0.400. The summed E-state index contributed by atoms with van der Waals surface area (Å²) in [5, 5.41) is 9.90. The number of amides is 1. The van der Waals surface area contributed by atoms with Gasteiger partial charge in [0.25, 0.3) is 0 Å². The average Bonchev–Trinajstić information content (AvgIpc) is 2.79. The highest BCUT2D eigenvalue weighted by molar-refractivity contribution is 5.92. The largest absolute Gasteiger partial charge is 0.390 e. The highest BCUT2D eigenvalue weighted by atomic mass is 16.3. The first kappa shape index (κ1) is 13.8. The van der Waals surface area contributed by atoms with Crippen LogP contribution < -0.4 is 0 Å². The maximum atomic E-state index is 12.0. The number of β-amino-alcohol motifs (C(OH)–C–C–N with tert-alkyl or cyclic N) is 1. The number of likely N-dealkylation sites (tertiary alicyclic amines) is 1. The van der Waals surface area contributed by atoms with E-state index in [1.165, 1.54) is 0 Å². The molecule has 1 aliphatic rings. The standard InChI is InChI=1S/C15H20N2O2/c1-16(2)13-10-17(11-14(13)18)15(19)9-8-12-6-4-3-5-7-12/h3-9,13-14,18H,10-11H2,1-2H3/b9-8+/t13-,14-/m0/s1. The van der Waals surface area contributed by atoms with Crippen molar-refractivity contribution in [2.75, 3.05) is 27.2 Å². The van der Waals surface area contributed by atoms with E-state index in [0.717, 1.165) is 5.56 Å². The molecule has 2 atom stereocenters. The van der Waals surface area contributed by atoms with E-state index in [-0.39, 0.29) is 11.9 Å². The van der Waals surface area contributed by atoms with E-state index in [1.54, 1.807) is 17.1 Å². The number of hydrogen-bond acceptors (Lipinski definition) is 3. The number of likely N-dealkylation sites (N-methyl/N-ethyl adjacent to an activating group) is 1. The van der Waals surface area contributed by atoms with Gasteiger partial charge in [-0.1, -0.05) is 30.3 Å². The Morgan fingerprint density at radius 3 is 2.58 bits per heavy atom. The van der Waals surface area contributed by atoms with E-state index in [9.17, 15) is 9.90 Å². The van der Waals surface area contributed by atoms with Crippen LogP contribution in [0, 0.1) is 0 Å². The van der Waals surface area contributed by atoms with Gasteiger partial charge in [0.1, 0.15) is 0 Å². The molecule has 1 aliphatic heterocycles. The minimum Gasteiger partial charge on any atom is -0.390 e. The Bertz CT molecular complexity index is 456. The zero-order valence-electron chi connectivity index (χ0n) is 11.4. The van der Waals surface area contributed by atoms with Gasteiger partial charge in [0.05, 0.1) is 12.1 Å². The predicted octanol–water partition coefficient (Wildman–Crippen LogP) is 0.833. The number of benzene rings is 1. The first-order chi connectivity index (χ1) is 9.08. The van der Waals surface area contributed by atoms with Crippen molar-refractivity contribution in [1.82, 2.24) is 9.80 Å². The van der Waals surface area contributed by atoms with Gasteiger partial charge in [-0.25, -0.2) is 0 Å². The number of hydrogen-bond donors (Lipinski definition) is 1. The van der Waals surface area contributed by atoms with Gasteiger partial charge in [0.15, 0.2) is 0 Å². The monoisotopic (exact) mass is 260 g/mol. The molecule has 1 heterocycles. The van der Waals surface area contributed by atoms with E-state index in [1.807, 2.05) is 49.3 Å². The van der Waals surface area contributed by atoms with Gasteiger partial charge in [-0.3, -0.25) is 4.79 Å². The van der Waals surface area contributed by atoms with Crippen LogP contribution in [0.4, 0.5) is 0 Å². The zero-order chi connectivity index (χ0) is 13.8. The summed E-state index contributed by atoms with van der Waals surface area (Å²) in [6.07, 6.45) is 2.90. The lowest BCUT2D eigenvalue weighted by Gasteiger charge is -2.21. The fourth-order valence-electron chi connectivity index (χ4n) is 2.29. The number of nitrogens with zero attached hydrogens (tertiary/aromatic N) is 2. The summed E-state index contributed by atoms with van der Waals surface area (Å²) >= 11 is 0. The molecule has 102 valence electrons. The topological polar surface area (TPSA) is 43.8 Å². The smallest absolute Gasteiger partial charge is 0.246 e. The molecule has 0 spiro atoms. The molecule has 0 unspecified atom stereocenters. The number of rotatable bonds is 3. The molecule has 4 heteroatoms. The minimum atomic E-state index is -0.468. The molecular weight excluding hydrogens is 240 g/mol. The van der Waals surface area contributed by atoms with Crippen molar-refractivity contribution in [2.45, 2.75) is 12.1 Å². The molecule has 0 bridgehead atoms. The second-order valence-electron chi connectivity index (χ2n) is 5.09. The summed E-state index contributed by atoms with van der Waals surface area (Å²) in [5.41, 5.74) is 1.000. The third kappa shape index (κ3) is 3.43. The zero-order valence-corrected chi connectivity index (χ0v) is 11.4. The second-order valence-corrected chi connectivity index (χ2v) is 5.09. The van der Waals surface area contributed by atoms with E-state index < -0.39 is 6.10 Å². The Morgan fingerprint density at radius 1 is 1.32 bits per heavy atom. The Hall–Kier alpha value is -1.65. The van der Waals surface area contributed by atoms with Crippen LogP contribution in [0.2, 0.25) is 0 Å². The maximum Gasteiger partial charge on any atom is 0.246 e. The molecule has 0 saturated carbocycles. The van der Waals surface area contributed by atoms with Crippen LogP contribution in [0.5, 0.6) is 0 Å². The molecule has 1 amide bonds. The molecule has 1 N–H and O–H groups in total. The van der Waals surface area contributed by atoms with Gasteiger partial charge >= 0.3 is 0 Å². The number of aliphatic hydroxyl groups excluding tert-OH is 1. The van der Waals surface area contributed by atoms with Crippen molar-refractivity contribution in [2.24, 2.45) is 0 Å². The maximum absolute atomic E-state index is 12.0. The van der Waals surface area contributed by atoms with Crippen LogP contribution in [0.25, 0.3) is 6.08 Å². The minimum absolute atomic E-state index is 0.0223. The lowest BCUT2D eigenvalue weighted by atomic mass is 10.2. The summed E-state index contributed by atoms with van der Waals surface area (Å²) in [5.74, 6) is -0.0488. The molecule has 1 fully saturated rings. The van der Waals surface area contributed by atoms with Gasteiger partial charge < -0.3 is 14.9 Å². The quantitative estimate of drug-likeness (QED) is 0.819. The normalized spacial score (nSPS) is 23.5. The number of aliphatic hydroxyl groups is 1. The lowest BCUT2D eigenvalue weighted by Crippen LogP contribution is -2.38. The number of carbonyl (C=O) groups is 1. The molecule has 1 aromatic carbocycles. The Balaban J connectivity index is 1.97. The molecule has 19 heavy (non-hydrogen) atoms. The molecule has 2 rings (SSSR count). The Morgan fingerprint density at radius 2 is 2.00 bits per heavy atom. The lowest BCUT2D eigenvalue weighted by molar-refractivity contribution is -0.125. The highest BCUT2D eigenvalue weighted by Gasteiger charge is 2.34. The van der Waals surface area contributed by atoms with Gasteiger partial charge in [0.2, 0.25) is 5.91 Å². The number of carbonyl (C=O) groups excluding carboxylic acids is 1. The van der Waals surface area contributed by atoms with Crippen molar-refractivity contribution in [3.8, 4) is 0 Å². The third-order valence-electron chi connectivity index (χ3n) is 3.45. The van der Waals surface area contributed by atoms with Crippen LogP contribution in [-0.4, -0.2) is 60.1 Å². The van der Waals surface area contributed by atoms with Gasteiger partial charge in [-0.05, 0) is 25.7 Å². The van der Waals surface area contributed by atoms with Gasteiger partial charge in [-0.15, -0.1) is 0 Å². The van der Waals surface area contributed by atoms with Crippen molar-refractivity contribution in [3.63, 3.8) is 0 Å². The first-order valence-electron chi connectivity index (χ1n) is 6.44. The third-order valence-corrected chi connectivity index (χ3v) is 3.45. The molecular formula is C15H20N2O2. The fourth-order valence-corrected chi connectivity index (χ4v) is 2.29. The van der Waals surface area contributed by atoms with E-state index in [0.29, 0.717) is 13.1 Å². The van der Waals surface area contributed by atoms with Gasteiger partial charge in [-0.2, -0.15) is 0 Å².